The number of nitrogens with one attached hydrogen (secondary N) is 2. The van der Waals surface area contributed by atoms with Crippen LogP contribution in [0.15, 0.2) is 73.1 Å². The predicted molar refractivity (Wildman–Crippen MR) is 105 cm³/mol. The average Bonchev–Trinajstić information content (AvgIpc) is 3.14. The third-order valence-corrected chi connectivity index (χ3v) is 4.41. The molecule has 2 aromatic heterocycles. The molecular formula is C22H18FN3O. The van der Waals surface area contributed by atoms with E-state index in [1.807, 2.05) is 36.7 Å². The maximum Gasteiger partial charge on any atom is 0.224 e. The summed E-state index contributed by atoms with van der Waals surface area (Å²) in [6.07, 6.45) is 4.65. The maximum atomic E-state index is 13.2. The van der Waals surface area contributed by atoms with Crippen LogP contribution in [0.3, 0.4) is 0 Å². The molecule has 4 nitrogen and oxygen atoms in total. The summed E-state index contributed by atoms with van der Waals surface area (Å²) in [5.41, 5.74) is 4.50. The monoisotopic (exact) mass is 359 g/mol. The highest BCUT2D eigenvalue weighted by Gasteiger charge is 2.06. The standard InChI is InChI=1S/C22H18FN3O/c23-19-5-2-6-20(13-19)26-21(27)8-7-15-3-1-4-16(11-15)18-12-17-9-10-24-22(17)25-14-18/h1-6,9-14H,7-8H2,(H,24,25)(H,26,27). The number of aromatic amines is 1. The molecule has 2 aromatic carbocycles. The molecule has 0 aliphatic heterocycles. The van der Waals surface area contributed by atoms with Crippen LogP contribution in [-0.2, 0) is 11.2 Å². The van der Waals surface area contributed by atoms with Crippen LogP contribution in [0.25, 0.3) is 22.2 Å². The number of amides is 1. The Morgan fingerprint density at radius 3 is 2.81 bits per heavy atom. The number of halogens is 1. The summed E-state index contributed by atoms with van der Waals surface area (Å²) in [4.78, 5) is 19.6. The number of aryl methyl sites for hydroxylation is 1. The second-order valence-electron chi connectivity index (χ2n) is 6.40. The fourth-order valence-corrected chi connectivity index (χ4v) is 3.05. The lowest BCUT2D eigenvalue weighted by molar-refractivity contribution is -0.116. The van der Waals surface area contributed by atoms with Gasteiger partial charge in [0, 0.05) is 35.5 Å². The van der Waals surface area contributed by atoms with Gasteiger partial charge in [0.2, 0.25) is 5.91 Å². The summed E-state index contributed by atoms with van der Waals surface area (Å²) < 4.78 is 13.2. The molecule has 27 heavy (non-hydrogen) atoms. The molecule has 0 aliphatic carbocycles. The zero-order valence-corrected chi connectivity index (χ0v) is 14.6. The summed E-state index contributed by atoms with van der Waals surface area (Å²) in [7, 11) is 0. The summed E-state index contributed by atoms with van der Waals surface area (Å²) >= 11 is 0. The SMILES string of the molecule is O=C(CCc1cccc(-c2cnc3[nH]ccc3c2)c1)Nc1cccc(F)c1. The quantitative estimate of drug-likeness (QED) is 0.530. The van der Waals surface area contributed by atoms with Gasteiger partial charge in [0.25, 0.3) is 0 Å². The van der Waals surface area contributed by atoms with Crippen LogP contribution in [-0.4, -0.2) is 15.9 Å². The molecule has 0 saturated heterocycles. The maximum absolute atomic E-state index is 13.2. The Hall–Kier alpha value is -3.47. The summed E-state index contributed by atoms with van der Waals surface area (Å²) in [6.45, 7) is 0. The molecular weight excluding hydrogens is 341 g/mol. The van der Waals surface area contributed by atoms with Crippen molar-refractivity contribution in [2.75, 3.05) is 5.32 Å². The number of H-pyrrole nitrogens is 1. The lowest BCUT2D eigenvalue weighted by Crippen LogP contribution is -2.12. The molecule has 4 aromatic rings. The topological polar surface area (TPSA) is 57.8 Å². The van der Waals surface area contributed by atoms with E-state index >= 15 is 0 Å². The largest absolute Gasteiger partial charge is 0.346 e. The van der Waals surface area contributed by atoms with Gasteiger partial charge in [-0.1, -0.05) is 30.3 Å². The first-order valence-electron chi connectivity index (χ1n) is 8.75. The highest BCUT2D eigenvalue weighted by Crippen LogP contribution is 2.23. The van der Waals surface area contributed by atoms with Crippen molar-refractivity contribution in [3.63, 3.8) is 0 Å². The van der Waals surface area contributed by atoms with Gasteiger partial charge in [-0.05, 0) is 47.9 Å². The molecule has 0 radical (unpaired) electrons. The Morgan fingerprint density at radius 2 is 1.93 bits per heavy atom. The Morgan fingerprint density at radius 1 is 1.04 bits per heavy atom. The van der Waals surface area contributed by atoms with Crippen LogP contribution in [0.4, 0.5) is 10.1 Å². The molecule has 2 N–H and O–H groups in total. The molecule has 0 spiro atoms. The lowest BCUT2D eigenvalue weighted by Gasteiger charge is -2.07. The van der Waals surface area contributed by atoms with E-state index in [0.717, 1.165) is 27.7 Å². The molecule has 0 unspecified atom stereocenters. The third-order valence-electron chi connectivity index (χ3n) is 4.41. The van der Waals surface area contributed by atoms with Crippen LogP contribution in [0.2, 0.25) is 0 Å². The van der Waals surface area contributed by atoms with Gasteiger partial charge in [-0.25, -0.2) is 9.37 Å². The second-order valence-corrected chi connectivity index (χ2v) is 6.40. The van der Waals surface area contributed by atoms with Crippen molar-refractivity contribution in [3.8, 4) is 11.1 Å². The molecule has 5 heteroatoms. The Kier molecular flexibility index (Phi) is 4.66. The molecule has 4 rings (SSSR count). The van der Waals surface area contributed by atoms with Gasteiger partial charge in [0.15, 0.2) is 0 Å². The smallest absolute Gasteiger partial charge is 0.224 e. The van der Waals surface area contributed by atoms with Crippen LogP contribution < -0.4 is 5.32 Å². The number of rotatable bonds is 5. The van der Waals surface area contributed by atoms with Gasteiger partial charge in [-0.3, -0.25) is 4.79 Å². The molecule has 0 bridgehead atoms. The first-order chi connectivity index (χ1) is 13.2. The van der Waals surface area contributed by atoms with Crippen LogP contribution in [0.5, 0.6) is 0 Å². The molecule has 0 saturated carbocycles. The Labute approximate surface area is 156 Å². The molecule has 2 heterocycles. The highest BCUT2D eigenvalue weighted by atomic mass is 19.1. The van der Waals surface area contributed by atoms with Crippen molar-refractivity contribution in [3.05, 3.63) is 84.4 Å². The lowest BCUT2D eigenvalue weighted by atomic mass is 10.0. The normalized spacial score (nSPS) is 10.9. The van der Waals surface area contributed by atoms with Crippen LogP contribution in [0, 0.1) is 5.82 Å². The molecule has 134 valence electrons. The van der Waals surface area contributed by atoms with E-state index in [9.17, 15) is 9.18 Å². The van der Waals surface area contributed by atoms with Crippen molar-refractivity contribution in [2.24, 2.45) is 0 Å². The van der Waals surface area contributed by atoms with Crippen molar-refractivity contribution in [2.45, 2.75) is 12.8 Å². The Bertz CT molecular complexity index is 1100. The first-order valence-corrected chi connectivity index (χ1v) is 8.75. The van der Waals surface area contributed by atoms with E-state index in [1.165, 1.54) is 12.1 Å². The van der Waals surface area contributed by atoms with Gasteiger partial charge in [-0.15, -0.1) is 0 Å². The number of nitrogens with zero attached hydrogens (tertiary/aromatic N) is 1. The van der Waals surface area contributed by atoms with Gasteiger partial charge < -0.3 is 10.3 Å². The zero-order chi connectivity index (χ0) is 18.6. The number of benzene rings is 2. The van der Waals surface area contributed by atoms with Gasteiger partial charge in [0.05, 0.1) is 0 Å². The summed E-state index contributed by atoms with van der Waals surface area (Å²) in [6, 6.07) is 18.1. The number of hydrogen-bond donors (Lipinski definition) is 2. The van der Waals surface area contributed by atoms with E-state index in [0.29, 0.717) is 18.5 Å². The van der Waals surface area contributed by atoms with Crippen LogP contribution in [0.1, 0.15) is 12.0 Å². The first kappa shape index (κ1) is 17.0. The molecule has 0 fully saturated rings. The molecule has 0 aliphatic rings. The van der Waals surface area contributed by atoms with E-state index in [-0.39, 0.29) is 11.7 Å². The predicted octanol–water partition coefficient (Wildman–Crippen LogP) is 4.94. The van der Waals surface area contributed by atoms with E-state index in [1.54, 1.807) is 12.1 Å². The molecule has 0 atom stereocenters. The van der Waals surface area contributed by atoms with Gasteiger partial charge >= 0.3 is 0 Å². The number of carbonyl (C=O) groups is 1. The Balaban J connectivity index is 1.44. The minimum absolute atomic E-state index is 0.138. The van der Waals surface area contributed by atoms with Crippen molar-refractivity contribution in [1.82, 2.24) is 9.97 Å². The van der Waals surface area contributed by atoms with Gasteiger partial charge in [-0.2, -0.15) is 0 Å². The fourth-order valence-electron chi connectivity index (χ4n) is 3.05. The minimum Gasteiger partial charge on any atom is -0.346 e. The average molecular weight is 359 g/mol. The van der Waals surface area contributed by atoms with Crippen LogP contribution >= 0.6 is 0 Å². The zero-order valence-electron chi connectivity index (χ0n) is 14.6. The summed E-state index contributed by atoms with van der Waals surface area (Å²) in [5, 5.41) is 3.79. The highest BCUT2D eigenvalue weighted by molar-refractivity contribution is 5.90. The number of anilines is 1. The number of aromatic nitrogens is 2. The fraction of sp³-hybridized carbons (Fsp3) is 0.0909. The summed E-state index contributed by atoms with van der Waals surface area (Å²) in [5.74, 6) is -0.505. The number of carbonyl (C=O) groups excluding carboxylic acids is 1. The number of pyridine rings is 1. The van der Waals surface area contributed by atoms with E-state index < -0.39 is 0 Å². The second kappa shape index (κ2) is 7.41. The minimum atomic E-state index is -0.367. The van der Waals surface area contributed by atoms with Crippen molar-refractivity contribution < 1.29 is 9.18 Å². The number of hydrogen-bond acceptors (Lipinski definition) is 2. The van der Waals surface area contributed by atoms with Gasteiger partial charge in [0.1, 0.15) is 11.5 Å². The van der Waals surface area contributed by atoms with Crippen molar-refractivity contribution in [1.29, 1.82) is 0 Å². The molecule has 1 amide bonds. The van der Waals surface area contributed by atoms with Crippen molar-refractivity contribution >= 4 is 22.6 Å². The van der Waals surface area contributed by atoms with E-state index in [4.69, 9.17) is 0 Å². The van der Waals surface area contributed by atoms with E-state index in [2.05, 4.69) is 27.4 Å². The number of fused-ring (bicyclic) bond motifs is 1. The third kappa shape index (κ3) is 4.03.